The summed E-state index contributed by atoms with van der Waals surface area (Å²) in [6, 6.07) is 0. The quantitative estimate of drug-likeness (QED) is 0.710. The van der Waals surface area contributed by atoms with Crippen LogP contribution in [0.3, 0.4) is 0 Å². The molecule has 4 heteroatoms. The Morgan fingerprint density at radius 3 is 2.00 bits per heavy atom. The average molecular weight is 315 g/mol. The third-order valence-electron chi connectivity index (χ3n) is 4.04. The standard InChI is InChI=1S/C16H26O2S2/c1-19-14-9-7-13(8-10-14)5-3-4-6-16-17-11-15(20-2)12-18-16/h3-6,13-16H,7-12H2,1-2H3/b5-3+,6-4+. The second-order valence-electron chi connectivity index (χ2n) is 5.44. The van der Waals surface area contributed by atoms with Gasteiger partial charge in [-0.15, -0.1) is 0 Å². The van der Waals surface area contributed by atoms with Crippen molar-refractivity contribution in [3.05, 3.63) is 24.3 Å². The van der Waals surface area contributed by atoms with Crippen molar-refractivity contribution < 1.29 is 9.47 Å². The van der Waals surface area contributed by atoms with Gasteiger partial charge < -0.3 is 9.47 Å². The lowest BCUT2D eigenvalue weighted by Crippen LogP contribution is -2.32. The van der Waals surface area contributed by atoms with Crippen LogP contribution in [0.1, 0.15) is 25.7 Å². The van der Waals surface area contributed by atoms with Crippen molar-refractivity contribution >= 4 is 23.5 Å². The van der Waals surface area contributed by atoms with E-state index in [1.807, 2.05) is 29.6 Å². The van der Waals surface area contributed by atoms with Crippen molar-refractivity contribution in [2.75, 3.05) is 25.7 Å². The van der Waals surface area contributed by atoms with E-state index in [1.165, 1.54) is 25.7 Å². The molecule has 2 nitrogen and oxygen atoms in total. The first-order valence-electron chi connectivity index (χ1n) is 7.45. The molecule has 2 rings (SSSR count). The third kappa shape index (κ3) is 5.47. The number of thioether (sulfide) groups is 2. The van der Waals surface area contributed by atoms with Crippen molar-refractivity contribution in [2.24, 2.45) is 5.92 Å². The van der Waals surface area contributed by atoms with Crippen LogP contribution in [0.2, 0.25) is 0 Å². The van der Waals surface area contributed by atoms with Crippen molar-refractivity contribution in [1.82, 2.24) is 0 Å². The van der Waals surface area contributed by atoms with Crippen LogP contribution in [-0.2, 0) is 9.47 Å². The van der Waals surface area contributed by atoms with Crippen molar-refractivity contribution in [2.45, 2.75) is 42.5 Å². The molecule has 0 unspecified atom stereocenters. The lowest BCUT2D eigenvalue weighted by atomic mass is 9.88. The summed E-state index contributed by atoms with van der Waals surface area (Å²) in [5, 5.41) is 1.38. The van der Waals surface area contributed by atoms with E-state index >= 15 is 0 Å². The van der Waals surface area contributed by atoms with Gasteiger partial charge in [-0.2, -0.15) is 23.5 Å². The second kappa shape index (κ2) is 9.19. The summed E-state index contributed by atoms with van der Waals surface area (Å²) in [6.07, 6.45) is 18.2. The third-order valence-corrected chi connectivity index (χ3v) is 6.12. The molecule has 0 radical (unpaired) electrons. The van der Waals surface area contributed by atoms with Crippen LogP contribution < -0.4 is 0 Å². The van der Waals surface area contributed by atoms with E-state index in [-0.39, 0.29) is 6.29 Å². The summed E-state index contributed by atoms with van der Waals surface area (Å²) in [7, 11) is 0. The van der Waals surface area contributed by atoms with Gasteiger partial charge in [-0.1, -0.05) is 18.2 Å². The lowest BCUT2D eigenvalue weighted by molar-refractivity contribution is -0.146. The minimum absolute atomic E-state index is 0.157. The molecule has 1 heterocycles. The molecule has 20 heavy (non-hydrogen) atoms. The number of ether oxygens (including phenoxy) is 2. The minimum atomic E-state index is -0.157. The maximum atomic E-state index is 5.64. The van der Waals surface area contributed by atoms with Crippen LogP contribution in [0.25, 0.3) is 0 Å². The Labute approximate surface area is 131 Å². The van der Waals surface area contributed by atoms with Gasteiger partial charge in [0.1, 0.15) is 0 Å². The molecule has 0 amide bonds. The Hall–Kier alpha value is 0.1000. The first kappa shape index (κ1) is 16.5. The first-order chi connectivity index (χ1) is 9.81. The summed E-state index contributed by atoms with van der Waals surface area (Å²) < 4.78 is 11.3. The molecule has 1 aliphatic carbocycles. The number of rotatable bonds is 5. The highest BCUT2D eigenvalue weighted by atomic mass is 32.2. The first-order valence-corrected chi connectivity index (χ1v) is 10.0. The van der Waals surface area contributed by atoms with Crippen molar-refractivity contribution in [3.8, 4) is 0 Å². The molecule has 2 fully saturated rings. The van der Waals surface area contributed by atoms with Crippen LogP contribution in [0, 0.1) is 5.92 Å². The van der Waals surface area contributed by atoms with Gasteiger partial charge in [-0.05, 0) is 50.2 Å². The van der Waals surface area contributed by atoms with E-state index in [9.17, 15) is 0 Å². The Kier molecular flexibility index (Phi) is 7.56. The van der Waals surface area contributed by atoms with E-state index in [1.54, 1.807) is 0 Å². The van der Waals surface area contributed by atoms with Gasteiger partial charge >= 0.3 is 0 Å². The zero-order valence-corrected chi connectivity index (χ0v) is 14.1. The molecule has 1 aliphatic heterocycles. The number of hydrogen-bond donors (Lipinski definition) is 0. The molecule has 0 bridgehead atoms. The predicted molar refractivity (Wildman–Crippen MR) is 90.5 cm³/mol. The summed E-state index contributed by atoms with van der Waals surface area (Å²) in [5.41, 5.74) is 0. The SMILES string of the molecule is CSC1CCC(/C=C/C=C/C2OCC(SC)CO2)CC1. The molecular formula is C16H26O2S2. The highest BCUT2D eigenvalue weighted by Crippen LogP contribution is 2.31. The zero-order valence-electron chi connectivity index (χ0n) is 12.5. The zero-order chi connectivity index (χ0) is 14.2. The van der Waals surface area contributed by atoms with Crippen LogP contribution >= 0.6 is 23.5 Å². The molecule has 0 atom stereocenters. The maximum absolute atomic E-state index is 5.64. The maximum Gasteiger partial charge on any atom is 0.177 e. The molecule has 0 aromatic heterocycles. The molecule has 2 aliphatic rings. The summed E-state index contributed by atoms with van der Waals surface area (Å²) >= 11 is 3.83. The summed E-state index contributed by atoms with van der Waals surface area (Å²) in [5.74, 6) is 0.761. The Bertz CT molecular complexity index is 282. The van der Waals surface area contributed by atoms with Crippen LogP contribution in [0.5, 0.6) is 0 Å². The Balaban J connectivity index is 1.65. The Morgan fingerprint density at radius 1 is 0.800 bits per heavy atom. The van der Waals surface area contributed by atoms with Crippen molar-refractivity contribution in [3.63, 3.8) is 0 Å². The monoisotopic (exact) mass is 314 g/mol. The largest absolute Gasteiger partial charge is 0.348 e. The van der Waals surface area contributed by atoms with Gasteiger partial charge in [-0.25, -0.2) is 0 Å². The van der Waals surface area contributed by atoms with E-state index in [0.29, 0.717) is 5.25 Å². The normalized spacial score (nSPS) is 35.9. The van der Waals surface area contributed by atoms with E-state index < -0.39 is 0 Å². The van der Waals surface area contributed by atoms with Crippen LogP contribution in [0.4, 0.5) is 0 Å². The molecule has 114 valence electrons. The van der Waals surface area contributed by atoms with Crippen LogP contribution in [-0.4, -0.2) is 42.5 Å². The average Bonchev–Trinajstić information content (AvgIpc) is 2.53. The lowest BCUT2D eigenvalue weighted by Gasteiger charge is -2.26. The van der Waals surface area contributed by atoms with E-state index in [4.69, 9.17) is 9.47 Å². The smallest absolute Gasteiger partial charge is 0.177 e. The molecule has 1 saturated carbocycles. The number of hydrogen-bond acceptors (Lipinski definition) is 4. The summed E-state index contributed by atoms with van der Waals surface area (Å²) in [6.45, 7) is 1.58. The molecule has 1 saturated heterocycles. The summed E-state index contributed by atoms with van der Waals surface area (Å²) in [4.78, 5) is 0. The molecule has 0 aromatic carbocycles. The molecule has 0 aromatic rings. The van der Waals surface area contributed by atoms with Gasteiger partial charge in [0.15, 0.2) is 6.29 Å². The number of allylic oxidation sites excluding steroid dienone is 3. The van der Waals surface area contributed by atoms with Crippen molar-refractivity contribution in [1.29, 1.82) is 0 Å². The van der Waals surface area contributed by atoms with Gasteiger partial charge in [0.05, 0.1) is 18.5 Å². The van der Waals surface area contributed by atoms with Gasteiger partial charge in [0.25, 0.3) is 0 Å². The topological polar surface area (TPSA) is 18.5 Å². The van der Waals surface area contributed by atoms with E-state index in [2.05, 4.69) is 30.7 Å². The second-order valence-corrected chi connectivity index (χ2v) is 7.71. The fourth-order valence-corrected chi connectivity index (χ4v) is 3.81. The predicted octanol–water partition coefficient (Wildman–Crippen LogP) is 4.13. The molecular weight excluding hydrogens is 288 g/mol. The van der Waals surface area contributed by atoms with Gasteiger partial charge in [0.2, 0.25) is 0 Å². The highest BCUT2D eigenvalue weighted by Gasteiger charge is 2.19. The molecule has 0 N–H and O–H groups in total. The fraction of sp³-hybridized carbons (Fsp3) is 0.750. The van der Waals surface area contributed by atoms with Crippen LogP contribution in [0.15, 0.2) is 24.3 Å². The Morgan fingerprint density at radius 2 is 1.40 bits per heavy atom. The van der Waals surface area contributed by atoms with Gasteiger partial charge in [-0.3, -0.25) is 0 Å². The highest BCUT2D eigenvalue weighted by molar-refractivity contribution is 7.99. The minimum Gasteiger partial charge on any atom is -0.348 e. The van der Waals surface area contributed by atoms with Gasteiger partial charge in [0, 0.05) is 5.25 Å². The fourth-order valence-electron chi connectivity index (χ4n) is 2.64. The van der Waals surface area contributed by atoms with E-state index in [0.717, 1.165) is 24.4 Å². The molecule has 0 spiro atoms.